The van der Waals surface area contributed by atoms with Crippen molar-refractivity contribution in [3.05, 3.63) is 0 Å². The largest absolute Gasteiger partial charge is 0.477 e. The van der Waals surface area contributed by atoms with E-state index in [0.717, 1.165) is 0 Å². The van der Waals surface area contributed by atoms with Gasteiger partial charge < -0.3 is 85.2 Å². The highest BCUT2D eigenvalue weighted by molar-refractivity contribution is 5.78. The van der Waals surface area contributed by atoms with Crippen LogP contribution in [0.25, 0.3) is 0 Å². The Balaban J connectivity index is 1.87. The van der Waals surface area contributed by atoms with E-state index in [9.17, 15) is 60.7 Å². The number of rotatable bonds is 10. The van der Waals surface area contributed by atoms with Crippen LogP contribution in [-0.2, 0) is 33.3 Å². The SMILES string of the molecule is O=C(CO)N[C@H]1[C@H](CO)O[C@@](O[C@H]2[C@@H](O)[C@@H](CO)O[C@@H](O[C@H]3[C@H](O)[C@@H](O)[C@H](O)O[C@@H]3CO)[C@@H]2O)(C(=O)O)C[C@@H]1O. The third-order valence-corrected chi connectivity index (χ3v) is 6.89. The second kappa shape index (κ2) is 13.5. The van der Waals surface area contributed by atoms with Gasteiger partial charge in [0.15, 0.2) is 12.6 Å². The van der Waals surface area contributed by atoms with Crippen LogP contribution in [0.3, 0.4) is 0 Å². The smallest absolute Gasteiger partial charge is 0.364 e. The van der Waals surface area contributed by atoms with Crippen LogP contribution in [0.15, 0.2) is 0 Å². The predicted molar refractivity (Wildman–Crippen MR) is 119 cm³/mol. The molecule has 0 aromatic heterocycles. The van der Waals surface area contributed by atoms with E-state index in [-0.39, 0.29) is 0 Å². The van der Waals surface area contributed by atoms with E-state index in [1.165, 1.54) is 0 Å². The zero-order valence-electron chi connectivity index (χ0n) is 20.8. The van der Waals surface area contributed by atoms with Gasteiger partial charge in [0.1, 0.15) is 61.5 Å². The molecule has 3 fully saturated rings. The van der Waals surface area contributed by atoms with Crippen molar-refractivity contribution in [2.24, 2.45) is 0 Å². The molecule has 3 heterocycles. The Hall–Kier alpha value is -1.66. The van der Waals surface area contributed by atoms with Crippen LogP contribution in [0, 0.1) is 0 Å². The highest BCUT2D eigenvalue weighted by Crippen LogP contribution is 2.37. The van der Waals surface area contributed by atoms with Gasteiger partial charge in [-0.2, -0.15) is 0 Å². The zero-order chi connectivity index (χ0) is 29.9. The van der Waals surface area contributed by atoms with Crippen molar-refractivity contribution in [1.82, 2.24) is 5.32 Å². The fraction of sp³-hybridized carbons (Fsp3) is 0.905. The molecule has 0 aromatic carbocycles. The summed E-state index contributed by atoms with van der Waals surface area (Å²) in [4.78, 5) is 23.9. The van der Waals surface area contributed by atoms with E-state index in [1.807, 2.05) is 0 Å². The minimum atomic E-state index is -2.86. The second-order valence-corrected chi connectivity index (χ2v) is 9.54. The number of hydrogen-bond acceptors (Lipinski definition) is 17. The summed E-state index contributed by atoms with van der Waals surface area (Å²) in [6, 6.07) is -1.39. The summed E-state index contributed by atoms with van der Waals surface area (Å²) in [5, 5.41) is 112. The maximum atomic E-state index is 12.3. The summed E-state index contributed by atoms with van der Waals surface area (Å²) in [5.41, 5.74) is 0. The molecule has 0 radical (unpaired) electrons. The predicted octanol–water partition coefficient (Wildman–Crippen LogP) is -7.97. The van der Waals surface area contributed by atoms with Crippen molar-refractivity contribution in [2.75, 3.05) is 26.4 Å². The first-order valence-corrected chi connectivity index (χ1v) is 12.2. The molecule has 3 saturated heterocycles. The average Bonchev–Trinajstić information content (AvgIpc) is 2.93. The third kappa shape index (κ3) is 6.53. The first-order chi connectivity index (χ1) is 18.8. The number of carboxylic acid groups (broad SMARTS) is 1. The molecule has 12 N–H and O–H groups in total. The Bertz CT molecular complexity index is 863. The molecule has 40 heavy (non-hydrogen) atoms. The number of hydrogen-bond donors (Lipinski definition) is 12. The van der Waals surface area contributed by atoms with Crippen LogP contribution >= 0.6 is 0 Å². The molecule has 19 nitrogen and oxygen atoms in total. The summed E-state index contributed by atoms with van der Waals surface area (Å²) in [5.74, 6) is -5.71. The maximum absolute atomic E-state index is 12.3. The molecule has 0 spiro atoms. The Morgan fingerprint density at radius 2 is 1.43 bits per heavy atom. The molecular weight excluding hydrogens is 554 g/mol. The molecule has 14 atom stereocenters. The molecule has 0 bridgehead atoms. The van der Waals surface area contributed by atoms with Gasteiger partial charge in [0.05, 0.1) is 32.0 Å². The number of carbonyl (C=O) groups excluding carboxylic acids is 1. The first-order valence-electron chi connectivity index (χ1n) is 12.2. The lowest BCUT2D eigenvalue weighted by Crippen LogP contribution is -2.69. The number of aliphatic hydroxyl groups excluding tert-OH is 10. The summed E-state index contributed by atoms with van der Waals surface area (Å²) >= 11 is 0. The van der Waals surface area contributed by atoms with Crippen LogP contribution in [0.1, 0.15) is 6.42 Å². The quantitative estimate of drug-likeness (QED) is 0.112. The standard InChI is InChI=1S/C21H35NO18/c23-2-7-11(22-10(28)5-26)6(27)1-21(39-7,20(34)35)40-17-12(29)8(3-24)37-19(15(17)32)38-16-9(4-25)36-18(33)14(31)13(16)30/h6-9,11-19,23-27,29-33H,1-5H2,(H,22,28)(H,34,35)/t6-,7-,8+,9+,11+,12-,13+,14+,15+,16+,17-,18+,19-,21-/m0/s1. The molecule has 3 aliphatic rings. The van der Waals surface area contributed by atoms with E-state index >= 15 is 0 Å². The zero-order valence-corrected chi connectivity index (χ0v) is 20.8. The van der Waals surface area contributed by atoms with Gasteiger partial charge in [0.2, 0.25) is 5.91 Å². The van der Waals surface area contributed by atoms with Crippen molar-refractivity contribution in [2.45, 2.75) is 91.9 Å². The van der Waals surface area contributed by atoms with Crippen LogP contribution in [0.5, 0.6) is 0 Å². The van der Waals surface area contributed by atoms with E-state index in [1.54, 1.807) is 0 Å². The molecule has 19 heteroatoms. The lowest BCUT2D eigenvalue weighted by atomic mass is 9.91. The first kappa shape index (κ1) is 32.8. The minimum Gasteiger partial charge on any atom is -0.477 e. The second-order valence-electron chi connectivity index (χ2n) is 9.54. The van der Waals surface area contributed by atoms with Gasteiger partial charge in [-0.25, -0.2) is 4.79 Å². The number of amides is 1. The number of carboxylic acids is 1. The van der Waals surface area contributed by atoms with Crippen molar-refractivity contribution >= 4 is 11.9 Å². The third-order valence-electron chi connectivity index (χ3n) is 6.89. The van der Waals surface area contributed by atoms with E-state index in [4.69, 9.17) is 28.8 Å². The monoisotopic (exact) mass is 589 g/mol. The lowest BCUT2D eigenvalue weighted by Gasteiger charge is -2.49. The molecule has 0 aromatic rings. The van der Waals surface area contributed by atoms with Gasteiger partial charge in [-0.3, -0.25) is 4.79 Å². The number of ether oxygens (including phenoxy) is 5. The van der Waals surface area contributed by atoms with Gasteiger partial charge in [-0.1, -0.05) is 0 Å². The normalized spacial score (nSPS) is 46.1. The van der Waals surface area contributed by atoms with Crippen LogP contribution in [-0.4, -0.2) is 180 Å². The van der Waals surface area contributed by atoms with Gasteiger partial charge in [-0.15, -0.1) is 0 Å². The van der Waals surface area contributed by atoms with Gasteiger partial charge in [0, 0.05) is 6.42 Å². The summed E-state index contributed by atoms with van der Waals surface area (Å²) < 4.78 is 26.7. The number of nitrogens with one attached hydrogen (secondary N) is 1. The highest BCUT2D eigenvalue weighted by Gasteiger charge is 2.58. The fourth-order valence-corrected chi connectivity index (χ4v) is 4.77. The highest BCUT2D eigenvalue weighted by atomic mass is 16.8. The number of carbonyl (C=O) groups is 2. The van der Waals surface area contributed by atoms with Gasteiger partial charge in [0.25, 0.3) is 5.79 Å². The van der Waals surface area contributed by atoms with Gasteiger partial charge in [-0.05, 0) is 0 Å². The fourth-order valence-electron chi connectivity index (χ4n) is 4.77. The van der Waals surface area contributed by atoms with E-state index in [2.05, 4.69) is 5.32 Å². The Kier molecular flexibility index (Phi) is 11.1. The number of aliphatic carboxylic acids is 1. The van der Waals surface area contributed by atoms with Crippen molar-refractivity contribution < 1.29 is 89.4 Å². The maximum Gasteiger partial charge on any atom is 0.364 e. The van der Waals surface area contributed by atoms with Crippen LogP contribution in [0.2, 0.25) is 0 Å². The lowest BCUT2D eigenvalue weighted by molar-refractivity contribution is -0.382. The molecule has 0 unspecified atom stereocenters. The summed E-state index contributed by atoms with van der Waals surface area (Å²) in [6.45, 7) is -3.71. The Morgan fingerprint density at radius 1 is 0.800 bits per heavy atom. The van der Waals surface area contributed by atoms with Crippen LogP contribution in [0.4, 0.5) is 0 Å². The topological polar surface area (TPSA) is 315 Å². The van der Waals surface area contributed by atoms with E-state index < -0.39 is 130 Å². The molecule has 3 aliphatic heterocycles. The van der Waals surface area contributed by atoms with Crippen molar-refractivity contribution in [3.8, 4) is 0 Å². The Morgan fingerprint density at radius 3 is 1.98 bits per heavy atom. The summed E-state index contributed by atoms with van der Waals surface area (Å²) in [7, 11) is 0. The molecular formula is C21H35NO18. The van der Waals surface area contributed by atoms with Crippen molar-refractivity contribution in [3.63, 3.8) is 0 Å². The molecule has 0 saturated carbocycles. The van der Waals surface area contributed by atoms with Crippen molar-refractivity contribution in [1.29, 1.82) is 0 Å². The molecule has 232 valence electrons. The van der Waals surface area contributed by atoms with Gasteiger partial charge >= 0.3 is 5.97 Å². The molecule has 1 amide bonds. The molecule has 3 rings (SSSR count). The Labute approximate surface area is 225 Å². The minimum absolute atomic E-state index is 0.843. The van der Waals surface area contributed by atoms with Crippen LogP contribution < -0.4 is 5.32 Å². The molecule has 0 aliphatic carbocycles. The average molecular weight is 590 g/mol. The number of aliphatic hydroxyl groups is 10. The van der Waals surface area contributed by atoms with E-state index in [0.29, 0.717) is 0 Å². The summed E-state index contributed by atoms with van der Waals surface area (Å²) in [6.07, 6.45) is -22.7.